The van der Waals surface area contributed by atoms with Crippen LogP contribution in [0.15, 0.2) is 35.5 Å². The van der Waals surface area contributed by atoms with Gasteiger partial charge in [0.25, 0.3) is 0 Å². The van der Waals surface area contributed by atoms with Gasteiger partial charge in [0.1, 0.15) is 5.75 Å². The van der Waals surface area contributed by atoms with Crippen molar-refractivity contribution in [1.82, 2.24) is 10.6 Å². The lowest BCUT2D eigenvalue weighted by atomic mass is 9.94. The van der Waals surface area contributed by atoms with Crippen LogP contribution in [0.25, 0.3) is 0 Å². The number of rotatable bonds is 5. The summed E-state index contributed by atoms with van der Waals surface area (Å²) in [6.07, 6.45) is -3.41. The van der Waals surface area contributed by atoms with Crippen molar-refractivity contribution in [1.29, 1.82) is 0 Å². The van der Waals surface area contributed by atoms with Crippen LogP contribution in [0, 0.1) is 0 Å². The maximum atomic E-state index is 12.3. The Morgan fingerprint density at radius 2 is 1.92 bits per heavy atom. The molecule has 1 aliphatic rings. The van der Waals surface area contributed by atoms with Crippen LogP contribution in [0.1, 0.15) is 31.4 Å². The number of halogens is 3. The van der Waals surface area contributed by atoms with Gasteiger partial charge in [0.15, 0.2) is 5.11 Å². The van der Waals surface area contributed by atoms with Gasteiger partial charge < -0.3 is 20.1 Å². The highest BCUT2D eigenvalue weighted by atomic mass is 32.1. The molecule has 0 saturated heterocycles. The monoisotopic (exact) mass is 374 g/mol. The lowest BCUT2D eigenvalue weighted by Gasteiger charge is -2.31. The average molecular weight is 374 g/mol. The molecule has 0 aliphatic carbocycles. The van der Waals surface area contributed by atoms with E-state index in [-0.39, 0.29) is 5.75 Å². The number of allylic oxidation sites excluding steroid dienone is 1. The Morgan fingerprint density at radius 3 is 2.44 bits per heavy atom. The van der Waals surface area contributed by atoms with Crippen LogP contribution in [-0.2, 0) is 9.53 Å². The molecule has 0 spiro atoms. The van der Waals surface area contributed by atoms with Crippen LogP contribution in [0.5, 0.6) is 5.75 Å². The largest absolute Gasteiger partial charge is 0.573 e. The van der Waals surface area contributed by atoms with Crippen molar-refractivity contribution in [2.45, 2.75) is 32.2 Å². The highest BCUT2D eigenvalue weighted by Crippen LogP contribution is 2.31. The molecule has 0 radical (unpaired) electrons. The second kappa shape index (κ2) is 7.73. The number of methoxy groups -OCH3 is 1. The van der Waals surface area contributed by atoms with Crippen molar-refractivity contribution in [2.24, 2.45) is 0 Å². The third kappa shape index (κ3) is 4.85. The minimum atomic E-state index is -4.76. The number of thiocarbonyl (C=S) groups is 1. The molecule has 1 aromatic rings. The Hall–Kier alpha value is -2.29. The Labute approximate surface area is 148 Å². The Balaban J connectivity index is 2.38. The van der Waals surface area contributed by atoms with E-state index in [1.54, 1.807) is 0 Å². The summed E-state index contributed by atoms with van der Waals surface area (Å²) >= 11 is 5.17. The molecule has 1 aliphatic heterocycles. The van der Waals surface area contributed by atoms with E-state index in [1.165, 1.54) is 31.4 Å². The summed E-state index contributed by atoms with van der Waals surface area (Å²) < 4.78 is 45.5. The summed E-state index contributed by atoms with van der Waals surface area (Å²) in [6, 6.07) is 4.63. The lowest BCUT2D eigenvalue weighted by Crippen LogP contribution is -2.45. The number of carbonyl (C=O) groups is 1. The van der Waals surface area contributed by atoms with Gasteiger partial charge in [0.05, 0.1) is 18.7 Å². The van der Waals surface area contributed by atoms with E-state index in [2.05, 4.69) is 15.4 Å². The molecule has 136 valence electrons. The van der Waals surface area contributed by atoms with E-state index in [4.69, 9.17) is 17.0 Å². The Kier molecular flexibility index (Phi) is 5.89. The van der Waals surface area contributed by atoms with Crippen LogP contribution in [-0.4, -0.2) is 24.6 Å². The minimum Gasteiger partial charge on any atom is -0.466 e. The number of hydrogen-bond acceptors (Lipinski definition) is 4. The lowest BCUT2D eigenvalue weighted by molar-refractivity contribution is -0.274. The zero-order valence-corrected chi connectivity index (χ0v) is 14.4. The van der Waals surface area contributed by atoms with E-state index >= 15 is 0 Å². The molecule has 0 fully saturated rings. The maximum absolute atomic E-state index is 12.3. The average Bonchev–Trinajstić information content (AvgIpc) is 2.53. The van der Waals surface area contributed by atoms with Gasteiger partial charge >= 0.3 is 12.3 Å². The predicted molar refractivity (Wildman–Crippen MR) is 88.7 cm³/mol. The van der Waals surface area contributed by atoms with Crippen molar-refractivity contribution in [3.05, 3.63) is 41.1 Å². The Morgan fingerprint density at radius 1 is 1.28 bits per heavy atom. The second-order valence-electron chi connectivity index (χ2n) is 5.28. The van der Waals surface area contributed by atoms with Crippen molar-refractivity contribution >= 4 is 23.3 Å². The Bertz CT molecular complexity index is 687. The molecule has 2 N–H and O–H groups in total. The molecule has 1 atom stereocenters. The first-order valence-electron chi connectivity index (χ1n) is 7.49. The summed E-state index contributed by atoms with van der Waals surface area (Å²) in [5.41, 5.74) is 1.55. The number of esters is 1. The van der Waals surface area contributed by atoms with Crippen molar-refractivity contribution < 1.29 is 27.4 Å². The van der Waals surface area contributed by atoms with Gasteiger partial charge in [-0.2, -0.15) is 0 Å². The van der Waals surface area contributed by atoms with Crippen molar-refractivity contribution in [3.8, 4) is 5.75 Å². The highest BCUT2D eigenvalue weighted by molar-refractivity contribution is 7.80. The SMILES string of the molecule is CCCC1=C(C(=O)OC)C(c2ccc(OC(F)(F)F)cc2)NC(=S)N1. The molecule has 1 unspecified atom stereocenters. The smallest absolute Gasteiger partial charge is 0.466 e. The third-order valence-corrected chi connectivity index (χ3v) is 3.73. The second-order valence-corrected chi connectivity index (χ2v) is 5.69. The van der Waals surface area contributed by atoms with Gasteiger partial charge in [0.2, 0.25) is 0 Å². The van der Waals surface area contributed by atoms with Crippen LogP contribution in [0.2, 0.25) is 0 Å². The summed E-state index contributed by atoms with van der Waals surface area (Å²) in [7, 11) is 1.27. The zero-order chi connectivity index (χ0) is 18.6. The molecule has 0 saturated carbocycles. The number of nitrogens with one attached hydrogen (secondary N) is 2. The minimum absolute atomic E-state index is 0.330. The van der Waals surface area contributed by atoms with Gasteiger partial charge in [-0.25, -0.2) is 4.79 Å². The van der Waals surface area contributed by atoms with E-state index in [0.29, 0.717) is 28.4 Å². The molecule has 1 aromatic carbocycles. The number of ether oxygens (including phenoxy) is 2. The first-order chi connectivity index (χ1) is 11.7. The van der Waals surface area contributed by atoms with Crippen LogP contribution in [0.4, 0.5) is 13.2 Å². The quantitative estimate of drug-likeness (QED) is 0.609. The topological polar surface area (TPSA) is 59.6 Å². The third-order valence-electron chi connectivity index (χ3n) is 3.51. The predicted octanol–water partition coefficient (Wildman–Crippen LogP) is 3.33. The van der Waals surface area contributed by atoms with Gasteiger partial charge in [-0.1, -0.05) is 25.5 Å². The number of hydrogen-bond donors (Lipinski definition) is 2. The molecule has 2 rings (SSSR count). The summed E-state index contributed by atoms with van der Waals surface area (Å²) in [5.74, 6) is -0.878. The van der Waals surface area contributed by atoms with E-state index in [1.807, 2.05) is 6.92 Å². The van der Waals surface area contributed by atoms with E-state index in [9.17, 15) is 18.0 Å². The molecule has 9 heteroatoms. The normalized spacial score (nSPS) is 17.6. The first-order valence-corrected chi connectivity index (χ1v) is 7.90. The van der Waals surface area contributed by atoms with E-state index < -0.39 is 18.4 Å². The maximum Gasteiger partial charge on any atom is 0.573 e. The summed E-state index contributed by atoms with van der Waals surface area (Å²) in [5, 5.41) is 6.23. The molecule has 0 aromatic heterocycles. The fourth-order valence-electron chi connectivity index (χ4n) is 2.53. The van der Waals surface area contributed by atoms with Gasteiger partial charge in [-0.05, 0) is 36.3 Å². The van der Waals surface area contributed by atoms with Gasteiger partial charge in [-0.15, -0.1) is 13.2 Å². The molecule has 5 nitrogen and oxygen atoms in total. The molecule has 25 heavy (non-hydrogen) atoms. The van der Waals surface area contributed by atoms with Crippen molar-refractivity contribution in [3.63, 3.8) is 0 Å². The molecule has 0 amide bonds. The van der Waals surface area contributed by atoms with Crippen LogP contribution in [0.3, 0.4) is 0 Å². The van der Waals surface area contributed by atoms with Gasteiger partial charge in [-0.3, -0.25) is 0 Å². The van der Waals surface area contributed by atoms with Crippen molar-refractivity contribution in [2.75, 3.05) is 7.11 Å². The van der Waals surface area contributed by atoms with Crippen LogP contribution >= 0.6 is 12.2 Å². The summed E-state index contributed by atoms with van der Waals surface area (Å²) in [4.78, 5) is 12.2. The standard InChI is InChI=1S/C16H17F3N2O3S/c1-3-4-11-12(14(22)23-2)13(21-15(25)20-11)9-5-7-10(8-6-9)24-16(17,18)19/h5-8,13H,3-4H2,1-2H3,(H2,20,21,25). The zero-order valence-electron chi connectivity index (χ0n) is 13.6. The summed E-state index contributed by atoms with van der Waals surface area (Å²) in [6.45, 7) is 1.95. The number of benzene rings is 1. The highest BCUT2D eigenvalue weighted by Gasteiger charge is 2.33. The van der Waals surface area contributed by atoms with Crippen LogP contribution < -0.4 is 15.4 Å². The number of alkyl halides is 3. The molecule has 0 bridgehead atoms. The molecular weight excluding hydrogens is 357 g/mol. The molecule has 1 heterocycles. The number of carbonyl (C=O) groups excluding carboxylic acids is 1. The first kappa shape index (κ1) is 19.0. The van der Waals surface area contributed by atoms with E-state index in [0.717, 1.165) is 6.42 Å². The molecular formula is C16H17F3N2O3S. The van der Waals surface area contributed by atoms with Gasteiger partial charge in [0, 0.05) is 5.70 Å². The fraction of sp³-hybridized carbons (Fsp3) is 0.375. The fourth-order valence-corrected chi connectivity index (χ4v) is 2.77.